The smallest absolute Gasteiger partial charge is 0.326 e. The molecule has 0 aromatic heterocycles. The van der Waals surface area contributed by atoms with Crippen LogP contribution in [0.1, 0.15) is 89.8 Å². The van der Waals surface area contributed by atoms with Gasteiger partial charge in [0.25, 0.3) is 0 Å². The summed E-state index contributed by atoms with van der Waals surface area (Å²) in [4.78, 5) is 148. The molecule has 10 atom stereocenters. The predicted octanol–water partition coefficient (Wildman–Crippen LogP) is -1.69. The highest BCUT2D eigenvalue weighted by Gasteiger charge is 2.36. The summed E-state index contributed by atoms with van der Waals surface area (Å²) in [6.07, 6.45) is -4.13. The van der Waals surface area contributed by atoms with E-state index in [-0.39, 0.29) is 49.7 Å². The van der Waals surface area contributed by atoms with E-state index in [2.05, 4.69) is 42.5 Å². The molecule has 3 aromatic carbocycles. The first kappa shape index (κ1) is 67.8. The first-order valence-electron chi connectivity index (χ1n) is 26.7. The number of hydrogen-bond donors (Lipinski definition) is 15. The van der Waals surface area contributed by atoms with Gasteiger partial charge in [0.1, 0.15) is 60.1 Å². The van der Waals surface area contributed by atoms with Gasteiger partial charge in [-0.05, 0) is 73.3 Å². The molecule has 26 heteroatoms. The van der Waals surface area contributed by atoms with Crippen LogP contribution in [0.2, 0.25) is 0 Å². The maximum atomic E-state index is 14.5. The molecule has 17 N–H and O–H groups in total. The average molecular weight is 1150 g/mol. The zero-order chi connectivity index (χ0) is 61.2. The molecule has 0 radical (unpaired) electrons. The highest BCUT2D eigenvalue weighted by molar-refractivity contribution is 5.98. The van der Waals surface area contributed by atoms with Crippen LogP contribution in [-0.2, 0) is 72.0 Å². The third-order valence-electron chi connectivity index (χ3n) is 12.7. The highest BCUT2D eigenvalue weighted by atomic mass is 16.4. The molecule has 0 fully saturated rings. The summed E-state index contributed by atoms with van der Waals surface area (Å²) in [6.45, 7) is 7.11. The van der Waals surface area contributed by atoms with Crippen molar-refractivity contribution in [3.05, 3.63) is 102 Å². The lowest BCUT2D eigenvalue weighted by molar-refractivity contribution is -0.143. The van der Waals surface area contributed by atoms with Crippen molar-refractivity contribution in [3.63, 3.8) is 0 Å². The molecular weight excluding hydrogens is 1070 g/mol. The third kappa shape index (κ3) is 24.1. The number of aliphatic hydroxyl groups is 2. The van der Waals surface area contributed by atoms with Gasteiger partial charge in [-0.15, -0.1) is 0 Å². The van der Waals surface area contributed by atoms with E-state index in [1.54, 1.807) is 88.4 Å². The minimum atomic E-state index is -1.79. The van der Waals surface area contributed by atoms with Crippen LogP contribution < -0.4 is 54.0 Å². The SMILES string of the molecule is CC(C)C[C@H](NC(=O)[C@H](Cc1ccccc1)NC(=O)[C@H](CO)NC(=O)[C@H](CCC(N)=O)NC(=O)[C@H](CC(C)C)NC(=O)[C@H](Cc1ccc(O)cc1)NC(=O)[C@H](CCC(=O)O)NC(=O)[C@H](Cc1ccccc1)NC(=O)[C@@H](N)[C@@H](C)O)C(=O)O. The van der Waals surface area contributed by atoms with Crippen molar-refractivity contribution in [1.82, 2.24) is 42.5 Å². The van der Waals surface area contributed by atoms with Crippen LogP contribution in [0.4, 0.5) is 0 Å². The molecule has 448 valence electrons. The van der Waals surface area contributed by atoms with E-state index in [0.29, 0.717) is 16.7 Å². The Morgan fingerprint density at radius 3 is 1.16 bits per heavy atom. The van der Waals surface area contributed by atoms with E-state index >= 15 is 0 Å². The Balaban J connectivity index is 1.95. The Labute approximate surface area is 474 Å². The van der Waals surface area contributed by atoms with Crippen molar-refractivity contribution in [1.29, 1.82) is 0 Å². The summed E-state index contributed by atoms with van der Waals surface area (Å²) in [5.74, 6) is -12.2. The van der Waals surface area contributed by atoms with E-state index in [9.17, 15) is 78.3 Å². The van der Waals surface area contributed by atoms with Gasteiger partial charge >= 0.3 is 11.9 Å². The number of aliphatic hydroxyl groups excluding tert-OH is 2. The van der Waals surface area contributed by atoms with Crippen molar-refractivity contribution >= 4 is 65.1 Å². The molecule has 0 aliphatic heterocycles. The number of phenolic OH excluding ortho intramolecular Hbond substituents is 1. The summed E-state index contributed by atoms with van der Waals surface area (Å²) in [5, 5.41) is 69.6. The summed E-state index contributed by atoms with van der Waals surface area (Å²) < 4.78 is 0. The van der Waals surface area contributed by atoms with Crippen molar-refractivity contribution in [2.75, 3.05) is 6.61 Å². The van der Waals surface area contributed by atoms with Gasteiger partial charge in [-0.2, -0.15) is 0 Å². The topological polar surface area (TPSA) is 437 Å². The Kier molecular flexibility index (Phi) is 28.1. The molecule has 0 aliphatic carbocycles. The van der Waals surface area contributed by atoms with E-state index in [1.807, 2.05) is 0 Å². The van der Waals surface area contributed by atoms with Gasteiger partial charge in [0, 0.05) is 32.1 Å². The molecule has 9 amide bonds. The lowest BCUT2D eigenvalue weighted by Crippen LogP contribution is -2.61. The van der Waals surface area contributed by atoms with Crippen LogP contribution in [-0.4, -0.2) is 158 Å². The Morgan fingerprint density at radius 1 is 0.439 bits per heavy atom. The number of phenols is 1. The highest BCUT2D eigenvalue weighted by Crippen LogP contribution is 2.15. The fourth-order valence-electron chi connectivity index (χ4n) is 8.27. The molecule has 3 aromatic rings. The van der Waals surface area contributed by atoms with Crippen LogP contribution in [0.5, 0.6) is 5.75 Å². The van der Waals surface area contributed by atoms with Gasteiger partial charge in [-0.1, -0.05) is 100 Å². The molecule has 3 rings (SSSR count). The van der Waals surface area contributed by atoms with E-state index < -0.39 is 158 Å². The fraction of sp³-hybridized carbons (Fsp3) is 0.482. The standard InChI is InChI=1S/C56H78N10O16/c1-30(2)24-39(50(75)59-37(20-22-45(57)70)49(74)66-44(29-67)54(79)63-40(26-33-12-8-6-9-13-33)53(78)65-43(56(81)82)25-31(3)4)61-52(77)41(28-35-16-18-36(69)19-17-35)62-48(73)38(21-23-46(71)72)60-51(76)42(27-34-14-10-7-11-15-34)64-55(80)47(58)32(5)68/h6-19,30-32,37-44,47,67-69H,20-29,58H2,1-5H3,(H2,57,70)(H,59,75)(H,60,76)(H,61,77)(H,62,73)(H,63,79)(H,64,80)(H,65,78)(H,66,74)(H,71,72)(H,81,82)/t32-,37+,38+,39+,40+,41+,42+,43+,44+,47+/m1/s1. The monoisotopic (exact) mass is 1150 g/mol. The summed E-state index contributed by atoms with van der Waals surface area (Å²) >= 11 is 0. The Morgan fingerprint density at radius 2 is 0.768 bits per heavy atom. The molecule has 26 nitrogen and oxygen atoms in total. The van der Waals surface area contributed by atoms with E-state index in [0.717, 1.165) is 0 Å². The second-order valence-corrected chi connectivity index (χ2v) is 20.7. The quantitative estimate of drug-likeness (QED) is 0.0312. The molecule has 0 unspecified atom stereocenters. The minimum absolute atomic E-state index is 0.0574. The lowest BCUT2D eigenvalue weighted by Gasteiger charge is -2.28. The number of benzene rings is 3. The van der Waals surface area contributed by atoms with Gasteiger partial charge in [-0.25, -0.2) is 4.79 Å². The molecule has 0 aliphatic rings. The number of nitrogens with one attached hydrogen (secondary N) is 8. The fourth-order valence-corrected chi connectivity index (χ4v) is 8.27. The van der Waals surface area contributed by atoms with Crippen molar-refractivity contribution < 1.29 is 78.3 Å². The molecule has 0 saturated carbocycles. The number of carbonyl (C=O) groups excluding carboxylic acids is 9. The molecular formula is C56H78N10O16. The number of carbonyl (C=O) groups is 11. The number of aromatic hydroxyl groups is 1. The van der Waals surface area contributed by atoms with Gasteiger partial charge < -0.3 is 79.5 Å². The third-order valence-corrected chi connectivity index (χ3v) is 12.7. The zero-order valence-corrected chi connectivity index (χ0v) is 46.5. The molecule has 82 heavy (non-hydrogen) atoms. The molecule has 0 heterocycles. The lowest BCUT2D eigenvalue weighted by atomic mass is 9.99. The first-order valence-corrected chi connectivity index (χ1v) is 26.7. The number of carboxylic acids is 2. The van der Waals surface area contributed by atoms with Crippen LogP contribution in [0.25, 0.3) is 0 Å². The molecule has 0 saturated heterocycles. The second kappa shape index (κ2) is 33.9. The first-order chi connectivity index (χ1) is 38.7. The van der Waals surface area contributed by atoms with Crippen molar-refractivity contribution in [2.45, 2.75) is 153 Å². The largest absolute Gasteiger partial charge is 0.508 e. The maximum absolute atomic E-state index is 14.5. The maximum Gasteiger partial charge on any atom is 0.326 e. The summed E-state index contributed by atoms with van der Waals surface area (Å²) in [6, 6.07) is 8.34. The van der Waals surface area contributed by atoms with Crippen LogP contribution in [0, 0.1) is 11.8 Å². The number of hydrogen-bond acceptors (Lipinski definition) is 15. The van der Waals surface area contributed by atoms with Crippen LogP contribution in [0.15, 0.2) is 84.9 Å². The minimum Gasteiger partial charge on any atom is -0.508 e. The summed E-state index contributed by atoms with van der Waals surface area (Å²) in [7, 11) is 0. The zero-order valence-electron chi connectivity index (χ0n) is 46.5. The van der Waals surface area contributed by atoms with Crippen molar-refractivity contribution in [3.8, 4) is 5.75 Å². The second-order valence-electron chi connectivity index (χ2n) is 20.7. The molecule has 0 spiro atoms. The number of nitrogens with two attached hydrogens (primary N) is 2. The normalized spacial score (nSPS) is 14.8. The average Bonchev–Trinajstić information content (AvgIpc) is 3.48. The van der Waals surface area contributed by atoms with Gasteiger partial charge in [0.05, 0.1) is 12.7 Å². The number of carboxylic acid groups (broad SMARTS) is 2. The number of amides is 9. The van der Waals surface area contributed by atoms with E-state index in [1.165, 1.54) is 31.2 Å². The van der Waals surface area contributed by atoms with E-state index in [4.69, 9.17) is 11.5 Å². The van der Waals surface area contributed by atoms with Crippen molar-refractivity contribution in [2.24, 2.45) is 23.3 Å². The predicted molar refractivity (Wildman–Crippen MR) is 296 cm³/mol. The number of rotatable bonds is 35. The Hall–Kier alpha value is -8.49. The molecule has 0 bridgehead atoms. The van der Waals surface area contributed by atoms with Gasteiger partial charge in [0.15, 0.2) is 0 Å². The van der Waals surface area contributed by atoms with Crippen LogP contribution >= 0.6 is 0 Å². The summed E-state index contributed by atoms with van der Waals surface area (Å²) in [5.41, 5.74) is 12.8. The van der Waals surface area contributed by atoms with Crippen LogP contribution in [0.3, 0.4) is 0 Å². The number of aliphatic carboxylic acids is 2. The Bertz CT molecular complexity index is 2640. The number of primary amides is 1. The van der Waals surface area contributed by atoms with Gasteiger partial charge in [-0.3, -0.25) is 47.9 Å². The van der Waals surface area contributed by atoms with Gasteiger partial charge in [0.2, 0.25) is 53.2 Å².